The van der Waals surface area contributed by atoms with Gasteiger partial charge in [-0.25, -0.2) is 4.79 Å². The number of nitrogens with zero attached hydrogens (tertiary/aromatic N) is 1. The Morgan fingerprint density at radius 3 is 2.13 bits per heavy atom. The zero-order valence-electron chi connectivity index (χ0n) is 9.82. The van der Waals surface area contributed by atoms with Gasteiger partial charge in [0.25, 0.3) is 0 Å². The van der Waals surface area contributed by atoms with E-state index in [0.29, 0.717) is 12.3 Å². The van der Waals surface area contributed by atoms with Crippen LogP contribution in [0.25, 0.3) is 0 Å². The van der Waals surface area contributed by atoms with E-state index in [-0.39, 0.29) is 0 Å². The minimum Gasteiger partial charge on any atom is -0.480 e. The van der Waals surface area contributed by atoms with E-state index in [4.69, 9.17) is 0 Å². The summed E-state index contributed by atoms with van der Waals surface area (Å²) in [6.07, 6.45) is 0.672. The third-order valence-corrected chi connectivity index (χ3v) is 2.62. The number of rotatable bonds is 4. The van der Waals surface area contributed by atoms with Gasteiger partial charge in [-0.3, -0.25) is 0 Å². The molecule has 0 spiro atoms. The van der Waals surface area contributed by atoms with Crippen LogP contribution in [0.1, 0.15) is 37.7 Å². The average molecular weight is 209 g/mol. The van der Waals surface area contributed by atoms with Crippen molar-refractivity contribution in [3.05, 3.63) is 23.5 Å². The van der Waals surface area contributed by atoms with Crippen LogP contribution in [0, 0.1) is 19.8 Å². The van der Waals surface area contributed by atoms with Gasteiger partial charge in [0.15, 0.2) is 0 Å². The van der Waals surface area contributed by atoms with Crippen molar-refractivity contribution < 1.29 is 9.90 Å². The molecular formula is C12H19NO2. The third-order valence-electron chi connectivity index (χ3n) is 2.62. The summed E-state index contributed by atoms with van der Waals surface area (Å²) in [6, 6.07) is 3.50. The van der Waals surface area contributed by atoms with E-state index in [1.165, 1.54) is 0 Å². The minimum absolute atomic E-state index is 0.382. The maximum absolute atomic E-state index is 11.2. The Morgan fingerprint density at radius 1 is 1.33 bits per heavy atom. The zero-order chi connectivity index (χ0) is 11.6. The van der Waals surface area contributed by atoms with Gasteiger partial charge >= 0.3 is 5.97 Å². The molecule has 0 saturated heterocycles. The summed E-state index contributed by atoms with van der Waals surface area (Å²) >= 11 is 0. The van der Waals surface area contributed by atoms with Gasteiger partial charge in [0, 0.05) is 11.4 Å². The molecule has 0 fully saturated rings. The normalized spacial score (nSPS) is 13.1. The second-order valence-electron chi connectivity index (χ2n) is 4.47. The predicted octanol–water partition coefficient (Wildman–Crippen LogP) is 2.78. The molecule has 0 amide bonds. The van der Waals surface area contributed by atoms with Gasteiger partial charge in [0.1, 0.15) is 6.04 Å². The Kier molecular flexibility index (Phi) is 3.56. The predicted molar refractivity (Wildman–Crippen MR) is 60.0 cm³/mol. The topological polar surface area (TPSA) is 42.2 Å². The Balaban J connectivity index is 3.04. The van der Waals surface area contributed by atoms with Gasteiger partial charge in [0.2, 0.25) is 0 Å². The molecule has 1 N–H and O–H groups in total. The molecule has 0 aromatic carbocycles. The van der Waals surface area contributed by atoms with Gasteiger partial charge in [-0.15, -0.1) is 0 Å². The van der Waals surface area contributed by atoms with Crippen LogP contribution in [0.4, 0.5) is 0 Å². The first-order valence-corrected chi connectivity index (χ1v) is 5.30. The largest absolute Gasteiger partial charge is 0.480 e. The molecule has 0 aliphatic rings. The zero-order valence-corrected chi connectivity index (χ0v) is 9.82. The van der Waals surface area contributed by atoms with Crippen molar-refractivity contribution in [2.75, 3.05) is 0 Å². The quantitative estimate of drug-likeness (QED) is 0.828. The number of aliphatic carboxylic acids is 1. The Hall–Kier alpha value is -1.25. The van der Waals surface area contributed by atoms with E-state index in [0.717, 1.165) is 11.4 Å². The average Bonchev–Trinajstić information content (AvgIpc) is 2.42. The number of carboxylic acid groups (broad SMARTS) is 1. The van der Waals surface area contributed by atoms with Crippen LogP contribution < -0.4 is 0 Å². The van der Waals surface area contributed by atoms with E-state index in [2.05, 4.69) is 0 Å². The van der Waals surface area contributed by atoms with Gasteiger partial charge in [0.05, 0.1) is 0 Å². The van der Waals surface area contributed by atoms with Crippen LogP contribution in [0.15, 0.2) is 12.1 Å². The lowest BCUT2D eigenvalue weighted by atomic mass is 10.0. The molecular weight excluding hydrogens is 190 g/mol. The molecule has 84 valence electrons. The van der Waals surface area contributed by atoms with Crippen LogP contribution in [-0.4, -0.2) is 15.6 Å². The Morgan fingerprint density at radius 2 is 1.80 bits per heavy atom. The van der Waals surface area contributed by atoms with Gasteiger partial charge in [-0.2, -0.15) is 0 Å². The first-order valence-electron chi connectivity index (χ1n) is 5.30. The van der Waals surface area contributed by atoms with Crippen molar-refractivity contribution in [1.82, 2.24) is 4.57 Å². The summed E-state index contributed by atoms with van der Waals surface area (Å²) in [4.78, 5) is 11.2. The number of hydrogen-bond acceptors (Lipinski definition) is 1. The van der Waals surface area contributed by atoms with Gasteiger partial charge in [-0.05, 0) is 38.3 Å². The van der Waals surface area contributed by atoms with Crippen LogP contribution >= 0.6 is 0 Å². The summed E-state index contributed by atoms with van der Waals surface area (Å²) in [5.74, 6) is -0.363. The van der Waals surface area contributed by atoms with Crippen LogP contribution in [0.2, 0.25) is 0 Å². The lowest BCUT2D eigenvalue weighted by Gasteiger charge is -2.20. The fraction of sp³-hybridized carbons (Fsp3) is 0.583. The van der Waals surface area contributed by atoms with Crippen molar-refractivity contribution in [2.45, 2.75) is 40.2 Å². The fourth-order valence-corrected chi connectivity index (χ4v) is 1.93. The van der Waals surface area contributed by atoms with Crippen LogP contribution in [-0.2, 0) is 4.79 Å². The molecule has 1 unspecified atom stereocenters. The van der Waals surface area contributed by atoms with Crippen molar-refractivity contribution in [3.63, 3.8) is 0 Å². The SMILES string of the molecule is Cc1ccc(C)n1C(CC(C)C)C(=O)O. The lowest BCUT2D eigenvalue weighted by Crippen LogP contribution is -2.22. The van der Waals surface area contributed by atoms with Crippen molar-refractivity contribution in [2.24, 2.45) is 5.92 Å². The Bertz CT molecular complexity index is 333. The maximum Gasteiger partial charge on any atom is 0.326 e. The maximum atomic E-state index is 11.2. The molecule has 0 bridgehead atoms. The van der Waals surface area contributed by atoms with Gasteiger partial charge < -0.3 is 9.67 Å². The standard InChI is InChI=1S/C12H19NO2/c1-8(2)7-11(12(14)15)13-9(3)5-6-10(13)4/h5-6,8,11H,7H2,1-4H3,(H,14,15). The molecule has 3 nitrogen and oxygen atoms in total. The molecule has 0 aliphatic carbocycles. The molecule has 1 aromatic rings. The highest BCUT2D eigenvalue weighted by molar-refractivity contribution is 5.72. The smallest absolute Gasteiger partial charge is 0.326 e. The lowest BCUT2D eigenvalue weighted by molar-refractivity contribution is -0.141. The number of carboxylic acids is 1. The highest BCUT2D eigenvalue weighted by atomic mass is 16.4. The number of aromatic nitrogens is 1. The molecule has 1 aromatic heterocycles. The molecule has 0 saturated carbocycles. The third kappa shape index (κ3) is 2.61. The summed E-state index contributed by atoms with van der Waals surface area (Å²) in [7, 11) is 0. The molecule has 15 heavy (non-hydrogen) atoms. The van der Waals surface area contributed by atoms with Crippen molar-refractivity contribution in [1.29, 1.82) is 0 Å². The van der Waals surface area contributed by atoms with Crippen LogP contribution in [0.5, 0.6) is 0 Å². The fourth-order valence-electron chi connectivity index (χ4n) is 1.93. The van der Waals surface area contributed by atoms with E-state index >= 15 is 0 Å². The summed E-state index contributed by atoms with van der Waals surface area (Å²) < 4.78 is 1.91. The monoisotopic (exact) mass is 209 g/mol. The molecule has 0 aliphatic heterocycles. The van der Waals surface area contributed by atoms with Crippen molar-refractivity contribution in [3.8, 4) is 0 Å². The van der Waals surface area contributed by atoms with Crippen LogP contribution in [0.3, 0.4) is 0 Å². The minimum atomic E-state index is -0.744. The molecule has 1 rings (SSSR count). The Labute approximate surface area is 90.7 Å². The van der Waals surface area contributed by atoms with Gasteiger partial charge in [-0.1, -0.05) is 13.8 Å². The second kappa shape index (κ2) is 4.51. The highest BCUT2D eigenvalue weighted by Crippen LogP contribution is 2.22. The van der Waals surface area contributed by atoms with E-state index in [1.807, 2.05) is 44.4 Å². The number of aryl methyl sites for hydroxylation is 2. The van der Waals surface area contributed by atoms with E-state index in [1.54, 1.807) is 0 Å². The highest BCUT2D eigenvalue weighted by Gasteiger charge is 2.22. The molecule has 0 radical (unpaired) electrons. The van der Waals surface area contributed by atoms with E-state index < -0.39 is 12.0 Å². The molecule has 3 heteroatoms. The first-order chi connectivity index (χ1) is 6.93. The summed E-state index contributed by atoms with van der Waals surface area (Å²) in [6.45, 7) is 7.99. The number of hydrogen-bond donors (Lipinski definition) is 1. The first kappa shape index (κ1) is 11.8. The number of carbonyl (C=O) groups is 1. The molecule has 1 atom stereocenters. The second-order valence-corrected chi connectivity index (χ2v) is 4.47. The summed E-state index contributed by atoms with van der Waals surface area (Å²) in [5, 5.41) is 9.22. The van der Waals surface area contributed by atoms with Crippen molar-refractivity contribution >= 4 is 5.97 Å². The molecule has 1 heterocycles. The summed E-state index contributed by atoms with van der Waals surface area (Å²) in [5.41, 5.74) is 2.03. The van der Waals surface area contributed by atoms with E-state index in [9.17, 15) is 9.90 Å².